The summed E-state index contributed by atoms with van der Waals surface area (Å²) in [6, 6.07) is 13.5. The van der Waals surface area contributed by atoms with Gasteiger partial charge in [0, 0.05) is 18.1 Å². The molecule has 0 atom stereocenters. The van der Waals surface area contributed by atoms with E-state index in [1.807, 2.05) is 18.2 Å². The van der Waals surface area contributed by atoms with Gasteiger partial charge in [-0.1, -0.05) is 37.7 Å². The molecule has 0 saturated heterocycles. The average molecular weight is 405 g/mol. The molecule has 29 heavy (non-hydrogen) atoms. The highest BCUT2D eigenvalue weighted by Crippen LogP contribution is 2.21. The van der Waals surface area contributed by atoms with Crippen LogP contribution < -0.4 is 5.32 Å². The Morgan fingerprint density at radius 1 is 1.07 bits per heavy atom. The molecule has 4 aromatic rings. The molecule has 0 bridgehead atoms. The molecular weight excluding hydrogens is 386 g/mol. The van der Waals surface area contributed by atoms with Crippen molar-refractivity contribution in [2.45, 2.75) is 24.9 Å². The van der Waals surface area contributed by atoms with E-state index in [0.29, 0.717) is 16.8 Å². The maximum Gasteiger partial charge on any atom is 0.234 e. The predicted octanol–water partition coefficient (Wildman–Crippen LogP) is 3.46. The van der Waals surface area contributed by atoms with Crippen LogP contribution in [0.2, 0.25) is 0 Å². The van der Waals surface area contributed by atoms with Crippen molar-refractivity contribution in [1.29, 1.82) is 0 Å². The Labute approximate surface area is 171 Å². The molecule has 0 aliphatic rings. The summed E-state index contributed by atoms with van der Waals surface area (Å²) in [5.41, 5.74) is 4.28. The van der Waals surface area contributed by atoms with Gasteiger partial charge in [0.15, 0.2) is 0 Å². The molecule has 0 saturated carbocycles. The molecule has 0 spiro atoms. The van der Waals surface area contributed by atoms with Gasteiger partial charge in [0.1, 0.15) is 0 Å². The van der Waals surface area contributed by atoms with E-state index in [1.165, 1.54) is 17.3 Å². The third-order valence-corrected chi connectivity index (χ3v) is 5.25. The fourth-order valence-corrected chi connectivity index (χ4v) is 3.49. The van der Waals surface area contributed by atoms with Crippen molar-refractivity contribution in [1.82, 2.24) is 30.2 Å². The van der Waals surface area contributed by atoms with Crippen LogP contribution in [0.15, 0.2) is 60.0 Å². The largest absolute Gasteiger partial charge is 0.325 e. The molecule has 2 aromatic carbocycles. The van der Waals surface area contributed by atoms with Crippen LogP contribution in [0.1, 0.15) is 25.3 Å². The lowest BCUT2D eigenvalue weighted by molar-refractivity contribution is -0.113. The molecule has 2 aromatic heterocycles. The fourth-order valence-electron chi connectivity index (χ4n) is 2.80. The molecule has 0 fully saturated rings. The molecule has 1 N–H and O–H groups in total. The summed E-state index contributed by atoms with van der Waals surface area (Å²) in [7, 11) is 0. The highest BCUT2D eigenvalue weighted by molar-refractivity contribution is 7.99. The smallest absolute Gasteiger partial charge is 0.234 e. The maximum atomic E-state index is 12.4. The van der Waals surface area contributed by atoms with Gasteiger partial charge in [-0.05, 0) is 52.2 Å². The van der Waals surface area contributed by atoms with E-state index in [1.54, 1.807) is 29.2 Å². The van der Waals surface area contributed by atoms with Crippen molar-refractivity contribution in [3.8, 4) is 5.69 Å². The molecule has 9 heteroatoms. The van der Waals surface area contributed by atoms with Gasteiger partial charge in [-0.15, -0.1) is 5.10 Å². The van der Waals surface area contributed by atoms with Crippen LogP contribution in [-0.2, 0) is 4.79 Å². The molecule has 2 heterocycles. The van der Waals surface area contributed by atoms with E-state index in [4.69, 9.17) is 0 Å². The summed E-state index contributed by atoms with van der Waals surface area (Å²) >= 11 is 1.28. The zero-order valence-electron chi connectivity index (χ0n) is 16.0. The van der Waals surface area contributed by atoms with Crippen molar-refractivity contribution < 1.29 is 4.79 Å². The van der Waals surface area contributed by atoms with Crippen LogP contribution in [-0.4, -0.2) is 41.8 Å². The average Bonchev–Trinajstić information content (AvgIpc) is 3.21. The van der Waals surface area contributed by atoms with Gasteiger partial charge in [0.05, 0.1) is 22.5 Å². The van der Waals surface area contributed by atoms with E-state index in [-0.39, 0.29) is 11.7 Å². The van der Waals surface area contributed by atoms with E-state index in [9.17, 15) is 4.79 Å². The number of tetrazole rings is 1. The third kappa shape index (κ3) is 4.40. The number of nitrogens with zero attached hydrogens (tertiary/aromatic N) is 6. The number of fused-ring (bicyclic) bond motifs is 1. The quantitative estimate of drug-likeness (QED) is 0.491. The van der Waals surface area contributed by atoms with Crippen LogP contribution >= 0.6 is 11.8 Å². The number of anilines is 1. The molecule has 0 unspecified atom stereocenters. The lowest BCUT2D eigenvalue weighted by Crippen LogP contribution is -2.14. The standard InChI is InChI=1S/C20H19N7OS/c1-13(2)14-3-6-16(7-4-14)27-20(24-25-26-27)29-12-19(28)23-15-5-8-17-18(11-15)22-10-9-21-17/h3-11,13H,12H2,1-2H3,(H,23,28). The van der Waals surface area contributed by atoms with Crippen LogP contribution in [0.4, 0.5) is 5.69 Å². The minimum absolute atomic E-state index is 0.150. The molecular formula is C20H19N7OS. The third-order valence-electron chi connectivity index (χ3n) is 4.33. The Morgan fingerprint density at radius 3 is 2.59 bits per heavy atom. The molecule has 8 nitrogen and oxygen atoms in total. The van der Waals surface area contributed by atoms with Crippen molar-refractivity contribution in [2.24, 2.45) is 0 Å². The second-order valence-electron chi connectivity index (χ2n) is 6.72. The number of benzene rings is 2. The number of hydrogen-bond donors (Lipinski definition) is 1. The number of carbonyl (C=O) groups excluding carboxylic acids is 1. The van der Waals surface area contributed by atoms with Gasteiger partial charge in [-0.3, -0.25) is 14.8 Å². The highest BCUT2D eigenvalue weighted by Gasteiger charge is 2.12. The van der Waals surface area contributed by atoms with Gasteiger partial charge in [0.25, 0.3) is 0 Å². The summed E-state index contributed by atoms with van der Waals surface area (Å²) < 4.78 is 1.63. The fraction of sp³-hybridized carbons (Fsp3) is 0.200. The molecule has 0 aliphatic carbocycles. The summed E-state index contributed by atoms with van der Waals surface area (Å²) in [5, 5.41) is 15.3. The number of nitrogens with one attached hydrogen (secondary N) is 1. The first-order valence-electron chi connectivity index (χ1n) is 9.12. The Balaban J connectivity index is 1.41. The first-order chi connectivity index (χ1) is 14.1. The van der Waals surface area contributed by atoms with Crippen LogP contribution in [0.25, 0.3) is 16.7 Å². The van der Waals surface area contributed by atoms with Crippen LogP contribution in [0.3, 0.4) is 0 Å². The van der Waals surface area contributed by atoms with Crippen molar-refractivity contribution in [3.63, 3.8) is 0 Å². The SMILES string of the molecule is CC(C)c1ccc(-n2nnnc2SCC(=O)Nc2ccc3nccnc3c2)cc1. The molecule has 0 radical (unpaired) electrons. The zero-order valence-corrected chi connectivity index (χ0v) is 16.8. The first kappa shape index (κ1) is 19.0. The number of thioether (sulfide) groups is 1. The van der Waals surface area contributed by atoms with E-state index < -0.39 is 0 Å². The molecule has 4 rings (SSSR count). The number of amides is 1. The van der Waals surface area contributed by atoms with Crippen molar-refractivity contribution >= 4 is 34.4 Å². The molecule has 146 valence electrons. The Morgan fingerprint density at radius 2 is 1.83 bits per heavy atom. The highest BCUT2D eigenvalue weighted by atomic mass is 32.2. The van der Waals surface area contributed by atoms with E-state index in [2.05, 4.69) is 56.8 Å². The summed E-state index contributed by atoms with van der Waals surface area (Å²) in [6.45, 7) is 4.29. The lowest BCUT2D eigenvalue weighted by Gasteiger charge is -2.08. The molecule has 0 aliphatic heterocycles. The Kier molecular flexibility index (Phi) is 5.48. The maximum absolute atomic E-state index is 12.4. The van der Waals surface area contributed by atoms with Gasteiger partial charge >= 0.3 is 0 Å². The monoisotopic (exact) mass is 405 g/mol. The van der Waals surface area contributed by atoms with Crippen molar-refractivity contribution in [3.05, 3.63) is 60.4 Å². The van der Waals surface area contributed by atoms with Crippen LogP contribution in [0.5, 0.6) is 0 Å². The normalized spacial score (nSPS) is 11.1. The summed E-state index contributed by atoms with van der Waals surface area (Å²) in [6.07, 6.45) is 3.26. The molecule has 1 amide bonds. The lowest BCUT2D eigenvalue weighted by atomic mass is 10.0. The number of hydrogen-bond acceptors (Lipinski definition) is 7. The summed E-state index contributed by atoms with van der Waals surface area (Å²) in [4.78, 5) is 20.8. The Hall–Kier alpha value is -3.33. The van der Waals surface area contributed by atoms with Crippen molar-refractivity contribution in [2.75, 3.05) is 11.1 Å². The van der Waals surface area contributed by atoms with E-state index >= 15 is 0 Å². The van der Waals surface area contributed by atoms with Crippen LogP contribution in [0, 0.1) is 0 Å². The van der Waals surface area contributed by atoms with E-state index in [0.717, 1.165) is 16.7 Å². The summed E-state index contributed by atoms with van der Waals surface area (Å²) in [5.74, 6) is 0.489. The van der Waals surface area contributed by atoms with Gasteiger partial charge < -0.3 is 5.32 Å². The van der Waals surface area contributed by atoms with Gasteiger partial charge in [0.2, 0.25) is 11.1 Å². The van der Waals surface area contributed by atoms with Gasteiger partial charge in [-0.25, -0.2) is 0 Å². The number of aromatic nitrogens is 6. The minimum Gasteiger partial charge on any atom is -0.325 e. The second kappa shape index (κ2) is 8.36. The first-order valence-corrected chi connectivity index (χ1v) is 10.1. The number of rotatable bonds is 6. The number of carbonyl (C=O) groups is 1. The zero-order chi connectivity index (χ0) is 20.2. The topological polar surface area (TPSA) is 98.5 Å². The van der Waals surface area contributed by atoms with Gasteiger partial charge in [-0.2, -0.15) is 4.68 Å². The predicted molar refractivity (Wildman–Crippen MR) is 112 cm³/mol. The minimum atomic E-state index is -0.150. The Bertz CT molecular complexity index is 1140. The second-order valence-corrected chi connectivity index (χ2v) is 7.66.